The molecule has 0 bridgehead atoms. The van der Waals surface area contributed by atoms with Crippen molar-refractivity contribution in [3.63, 3.8) is 0 Å². The number of allylic oxidation sites excluding steroid dienone is 1. The molecule has 1 aliphatic rings. The Hall–Kier alpha value is -0.630. The highest BCUT2D eigenvalue weighted by Gasteiger charge is 2.42. The predicted molar refractivity (Wildman–Crippen MR) is 52.5 cm³/mol. The van der Waals surface area contributed by atoms with Crippen molar-refractivity contribution in [3.05, 3.63) is 12.2 Å². The van der Waals surface area contributed by atoms with Crippen LogP contribution in [0.25, 0.3) is 0 Å². The van der Waals surface area contributed by atoms with Crippen LogP contribution in [-0.2, 0) is 9.53 Å². The molecule has 2 nitrogen and oxygen atoms in total. The first kappa shape index (κ1) is 10.5. The van der Waals surface area contributed by atoms with Gasteiger partial charge in [-0.25, -0.2) is 0 Å². The van der Waals surface area contributed by atoms with Gasteiger partial charge in [-0.2, -0.15) is 0 Å². The smallest absolute Gasteiger partial charge is 0.127 e. The van der Waals surface area contributed by atoms with Crippen LogP contribution in [-0.4, -0.2) is 19.5 Å². The summed E-state index contributed by atoms with van der Waals surface area (Å²) in [5.74, 6) is -0.0498. The van der Waals surface area contributed by atoms with Crippen molar-refractivity contribution in [2.75, 3.05) is 7.11 Å². The van der Waals surface area contributed by atoms with Crippen LogP contribution >= 0.6 is 0 Å². The quantitative estimate of drug-likeness (QED) is 0.483. The Bertz CT molecular complexity index is 218. The van der Waals surface area contributed by atoms with Gasteiger partial charge in [-0.15, -0.1) is 0 Å². The topological polar surface area (TPSA) is 26.3 Å². The summed E-state index contributed by atoms with van der Waals surface area (Å²) in [5, 5.41) is 0. The van der Waals surface area contributed by atoms with E-state index in [2.05, 4.69) is 20.4 Å². The summed E-state index contributed by atoms with van der Waals surface area (Å²) in [5.41, 5.74) is 0.944. The summed E-state index contributed by atoms with van der Waals surface area (Å²) in [6, 6.07) is 0. The average Bonchev–Trinajstić information content (AvgIpc) is 2.04. The fourth-order valence-corrected chi connectivity index (χ4v) is 2.26. The van der Waals surface area contributed by atoms with Gasteiger partial charge in [0.2, 0.25) is 0 Å². The van der Waals surface area contributed by atoms with E-state index in [-0.39, 0.29) is 17.4 Å². The molecular formula is C11H18O2. The lowest BCUT2D eigenvalue weighted by Crippen LogP contribution is -2.43. The van der Waals surface area contributed by atoms with Gasteiger partial charge in [0, 0.05) is 18.4 Å². The minimum atomic E-state index is -0.105. The first-order chi connectivity index (χ1) is 6.04. The fourth-order valence-electron chi connectivity index (χ4n) is 2.26. The van der Waals surface area contributed by atoms with Gasteiger partial charge < -0.3 is 9.53 Å². The van der Waals surface area contributed by atoms with Crippen molar-refractivity contribution in [2.45, 2.75) is 32.8 Å². The number of ether oxygens (including phenoxy) is 1. The highest BCUT2D eigenvalue weighted by atomic mass is 16.5. The van der Waals surface area contributed by atoms with Crippen LogP contribution in [0.4, 0.5) is 0 Å². The van der Waals surface area contributed by atoms with E-state index in [0.717, 1.165) is 24.7 Å². The standard InChI is InChI=1S/C11H18O2/c1-8-5-6-10(13-4)11(2,3)9(8)7-12/h7,9-10H,1,5-6H2,2-4H3. The van der Waals surface area contributed by atoms with E-state index in [1.165, 1.54) is 0 Å². The average molecular weight is 182 g/mol. The monoisotopic (exact) mass is 182 g/mol. The second-order valence-electron chi connectivity index (χ2n) is 4.36. The Kier molecular flexibility index (Phi) is 2.91. The maximum Gasteiger partial charge on any atom is 0.127 e. The van der Waals surface area contributed by atoms with Crippen LogP contribution in [0.3, 0.4) is 0 Å². The van der Waals surface area contributed by atoms with Gasteiger partial charge in [0.1, 0.15) is 6.29 Å². The van der Waals surface area contributed by atoms with E-state index in [0.29, 0.717) is 0 Å². The number of carbonyl (C=O) groups excluding carboxylic acids is 1. The predicted octanol–water partition coefficient (Wildman–Crippen LogP) is 2.19. The number of aldehydes is 1. The lowest BCUT2D eigenvalue weighted by Gasteiger charge is -2.43. The number of methoxy groups -OCH3 is 1. The third-order valence-electron chi connectivity index (χ3n) is 3.22. The zero-order valence-corrected chi connectivity index (χ0v) is 8.67. The zero-order valence-electron chi connectivity index (χ0n) is 8.67. The molecule has 0 radical (unpaired) electrons. The van der Waals surface area contributed by atoms with E-state index < -0.39 is 0 Å². The van der Waals surface area contributed by atoms with Gasteiger partial charge in [-0.1, -0.05) is 26.0 Å². The molecule has 74 valence electrons. The molecule has 1 rings (SSSR count). The summed E-state index contributed by atoms with van der Waals surface area (Å²) in [7, 11) is 1.71. The van der Waals surface area contributed by atoms with Crippen molar-refractivity contribution in [1.29, 1.82) is 0 Å². The fraction of sp³-hybridized carbons (Fsp3) is 0.727. The lowest BCUT2D eigenvalue weighted by atomic mass is 9.65. The Morgan fingerprint density at radius 1 is 1.62 bits per heavy atom. The van der Waals surface area contributed by atoms with Crippen molar-refractivity contribution in [3.8, 4) is 0 Å². The van der Waals surface area contributed by atoms with E-state index in [9.17, 15) is 4.79 Å². The van der Waals surface area contributed by atoms with Crippen molar-refractivity contribution in [2.24, 2.45) is 11.3 Å². The second-order valence-corrected chi connectivity index (χ2v) is 4.36. The Balaban J connectivity index is 2.90. The summed E-state index contributed by atoms with van der Waals surface area (Å²) >= 11 is 0. The minimum Gasteiger partial charge on any atom is -0.381 e. The van der Waals surface area contributed by atoms with E-state index >= 15 is 0 Å². The summed E-state index contributed by atoms with van der Waals surface area (Å²) in [6.45, 7) is 8.09. The number of rotatable bonds is 2. The SMILES string of the molecule is C=C1CCC(OC)C(C)(C)C1C=O. The number of hydrogen-bond acceptors (Lipinski definition) is 2. The van der Waals surface area contributed by atoms with E-state index in [1.54, 1.807) is 7.11 Å². The Morgan fingerprint density at radius 2 is 2.23 bits per heavy atom. The third-order valence-corrected chi connectivity index (χ3v) is 3.22. The molecule has 0 aliphatic heterocycles. The molecular weight excluding hydrogens is 164 g/mol. The van der Waals surface area contributed by atoms with Crippen LogP contribution in [0.5, 0.6) is 0 Å². The first-order valence-corrected chi connectivity index (χ1v) is 4.69. The highest BCUT2D eigenvalue weighted by Crippen LogP contribution is 2.43. The zero-order chi connectivity index (χ0) is 10.1. The summed E-state index contributed by atoms with van der Waals surface area (Å²) in [6.07, 6.45) is 3.07. The largest absolute Gasteiger partial charge is 0.381 e. The summed E-state index contributed by atoms with van der Waals surface area (Å²) in [4.78, 5) is 10.9. The van der Waals surface area contributed by atoms with E-state index in [4.69, 9.17) is 4.74 Å². The molecule has 1 saturated carbocycles. The second kappa shape index (κ2) is 3.62. The highest BCUT2D eigenvalue weighted by molar-refractivity contribution is 5.60. The molecule has 0 N–H and O–H groups in total. The molecule has 0 aromatic carbocycles. The molecule has 0 saturated heterocycles. The van der Waals surface area contributed by atoms with Crippen molar-refractivity contribution in [1.82, 2.24) is 0 Å². The van der Waals surface area contributed by atoms with Crippen LogP contribution < -0.4 is 0 Å². The molecule has 1 fully saturated rings. The lowest BCUT2D eigenvalue weighted by molar-refractivity contribution is -0.118. The maximum atomic E-state index is 10.9. The molecule has 0 aromatic rings. The van der Waals surface area contributed by atoms with E-state index in [1.807, 2.05) is 0 Å². The van der Waals surface area contributed by atoms with Gasteiger partial charge in [0.25, 0.3) is 0 Å². The molecule has 2 heteroatoms. The molecule has 0 spiro atoms. The minimum absolute atomic E-state index is 0.0498. The first-order valence-electron chi connectivity index (χ1n) is 4.69. The Labute approximate surface area is 80.0 Å². The van der Waals surface area contributed by atoms with Crippen molar-refractivity contribution < 1.29 is 9.53 Å². The van der Waals surface area contributed by atoms with Crippen LogP contribution in [0.2, 0.25) is 0 Å². The summed E-state index contributed by atoms with van der Waals surface area (Å²) < 4.78 is 5.39. The third kappa shape index (κ3) is 1.68. The molecule has 13 heavy (non-hydrogen) atoms. The van der Waals surface area contributed by atoms with Gasteiger partial charge >= 0.3 is 0 Å². The van der Waals surface area contributed by atoms with Gasteiger partial charge in [0.15, 0.2) is 0 Å². The van der Waals surface area contributed by atoms with Crippen molar-refractivity contribution >= 4 is 6.29 Å². The van der Waals surface area contributed by atoms with Crippen LogP contribution in [0.1, 0.15) is 26.7 Å². The normalized spacial score (nSPS) is 33.0. The molecule has 0 aromatic heterocycles. The maximum absolute atomic E-state index is 10.9. The molecule has 0 amide bonds. The van der Waals surface area contributed by atoms with Gasteiger partial charge in [0.05, 0.1) is 6.10 Å². The molecule has 2 unspecified atom stereocenters. The Morgan fingerprint density at radius 3 is 2.69 bits per heavy atom. The van der Waals surface area contributed by atoms with Crippen LogP contribution in [0, 0.1) is 11.3 Å². The van der Waals surface area contributed by atoms with Crippen LogP contribution in [0.15, 0.2) is 12.2 Å². The number of hydrogen-bond donors (Lipinski definition) is 0. The number of carbonyl (C=O) groups is 1. The molecule has 2 atom stereocenters. The van der Waals surface area contributed by atoms with Gasteiger partial charge in [-0.3, -0.25) is 0 Å². The molecule has 1 aliphatic carbocycles. The molecule has 0 heterocycles. The van der Waals surface area contributed by atoms with Gasteiger partial charge in [-0.05, 0) is 12.8 Å².